The lowest BCUT2D eigenvalue weighted by molar-refractivity contribution is -0.150. The summed E-state index contributed by atoms with van der Waals surface area (Å²) in [7, 11) is 4.45. The predicted molar refractivity (Wildman–Crippen MR) is 419 cm³/mol. The van der Waals surface area contributed by atoms with E-state index in [1.165, 1.54) is 63.0 Å². The molecule has 4 amide bonds. The molecule has 1 unspecified atom stereocenters. The molecular formula is C72H82ClN15O15S4. The number of Topliss-reactive ketones (excluding diaryl/α,β-unsaturated/α-hetero) is 1. The van der Waals surface area contributed by atoms with Crippen molar-refractivity contribution in [2.24, 2.45) is 26.8 Å². The quantitative estimate of drug-likeness (QED) is 0.00958. The molecule has 3 aliphatic heterocycles. The van der Waals surface area contributed by atoms with Crippen molar-refractivity contribution in [3.63, 3.8) is 0 Å². The molecule has 5 aromatic carbocycles. The zero-order valence-corrected chi connectivity index (χ0v) is 62.4. The van der Waals surface area contributed by atoms with Gasteiger partial charge in [-0.1, -0.05) is 146 Å². The number of amides is 4. The van der Waals surface area contributed by atoms with Crippen LogP contribution in [0, 0.1) is 0 Å². The van der Waals surface area contributed by atoms with E-state index in [1.807, 2.05) is 128 Å². The Kier molecular flexibility index (Phi) is 44.2. The number of para-hydroxylation sites is 1. The van der Waals surface area contributed by atoms with Crippen LogP contribution in [0.2, 0.25) is 0 Å². The predicted octanol–water partition coefficient (Wildman–Crippen LogP) is 8.64. The van der Waals surface area contributed by atoms with Gasteiger partial charge in [-0.25, -0.2) is 44.4 Å². The number of aromatic nitrogens is 3. The number of hydrogen-bond donors (Lipinski definition) is 10. The van der Waals surface area contributed by atoms with Crippen LogP contribution in [0.1, 0.15) is 88.3 Å². The number of nitrogens with zero attached hydrogens (tertiary/aromatic N) is 9. The summed E-state index contributed by atoms with van der Waals surface area (Å²) in [5.41, 5.74) is 31.8. The largest absolute Gasteiger partial charge is 0.481 e. The van der Waals surface area contributed by atoms with Crippen molar-refractivity contribution in [1.82, 2.24) is 30.0 Å². The summed E-state index contributed by atoms with van der Waals surface area (Å²) in [5.74, 6) is -6.59. The van der Waals surface area contributed by atoms with E-state index in [0.717, 1.165) is 51.7 Å². The molecule has 0 saturated carbocycles. The van der Waals surface area contributed by atoms with Crippen LogP contribution in [0.25, 0.3) is 0 Å². The molecular weight excluding hydrogens is 1480 g/mol. The number of rotatable bonds is 18. The van der Waals surface area contributed by atoms with Crippen molar-refractivity contribution >= 4 is 167 Å². The Balaban J connectivity index is 0.000000418. The van der Waals surface area contributed by atoms with Gasteiger partial charge in [-0.15, -0.1) is 45.6 Å². The van der Waals surface area contributed by atoms with Crippen LogP contribution in [0.4, 0.5) is 21.1 Å². The number of allylic oxidation sites excluding steroid dienone is 1. The number of hydrogen-bond acceptors (Lipinski definition) is 24. The number of ketones is 1. The Labute approximate surface area is 639 Å². The van der Waals surface area contributed by atoms with Crippen LogP contribution in [0.15, 0.2) is 198 Å². The van der Waals surface area contributed by atoms with Gasteiger partial charge in [0.1, 0.15) is 29.7 Å². The van der Waals surface area contributed by atoms with E-state index in [1.54, 1.807) is 35.9 Å². The number of carbonyl (C=O) groups is 11. The molecule has 3 aliphatic rings. The van der Waals surface area contributed by atoms with Crippen LogP contribution < -0.4 is 34.0 Å². The molecule has 0 bridgehead atoms. The van der Waals surface area contributed by atoms with Crippen molar-refractivity contribution < 1.29 is 73.2 Å². The Bertz CT molecular complexity index is 4110. The highest BCUT2D eigenvalue weighted by Gasteiger charge is 2.24. The highest BCUT2D eigenvalue weighted by atomic mass is 35.5. The minimum atomic E-state index is -1.58. The lowest BCUT2D eigenvalue weighted by Crippen LogP contribution is -2.34. The number of thiazole rings is 3. The van der Waals surface area contributed by atoms with E-state index < -0.39 is 47.9 Å². The molecule has 1 atom stereocenters. The van der Waals surface area contributed by atoms with E-state index in [0.29, 0.717) is 46.7 Å². The minimum absolute atomic E-state index is 0.000000000000000222. The minimum Gasteiger partial charge on any atom is -0.481 e. The zero-order chi connectivity index (χ0) is 79.6. The van der Waals surface area contributed by atoms with Gasteiger partial charge in [0.25, 0.3) is 5.91 Å². The molecule has 107 heavy (non-hydrogen) atoms. The van der Waals surface area contributed by atoms with Gasteiger partial charge in [0.15, 0.2) is 20.5 Å². The molecule has 8 aromatic rings. The maximum absolute atomic E-state index is 12.2. The standard InChI is InChI=1S/C16H16N4O2S.2C10H10N2S.C9H9ClO.2C6H8N2O3.C6H7N.C5H6O5.C3H4O.CH4N2S/c1-20-14(21)8-7-13(19-20)15(22)18-16-17-10-12(23-16)9-11-5-3-2-4-6-11;2*11-10-12-7-9(13-10)6-8-4-2-1-3-5-8;10-9(7-11)6-8-4-2-1-3-5-8;2*1-8-5(9)3-2-4(7-8)6(10)11;7-6-4-2-1-3-5-6;6-3(5(9)10)1-2-4(7)8;1-2-3-4;2-1(3)4/h2-6,10H,7-9H2,1H3,(H,17,18,22);2*1-5,7H,6H2,(H2,11,12);1-5,7,9H,6H2;2*2-3H2,1H3,(H,10,11);1-5H,7H2;1-2H2,(H,7,8)(H,9,10);2-3H,1H2;(H4,2,3,4). The van der Waals surface area contributed by atoms with Gasteiger partial charge in [0, 0.05) is 124 Å². The Morgan fingerprint density at radius 3 is 1.15 bits per heavy atom. The fraction of sp³-hybridized carbons (Fsp3) is 0.222. The number of aldehydes is 2. The number of halogens is 1. The van der Waals surface area contributed by atoms with Crippen molar-refractivity contribution in [3.8, 4) is 0 Å². The van der Waals surface area contributed by atoms with Crippen LogP contribution >= 0.6 is 57.8 Å². The number of alkyl halides is 1. The van der Waals surface area contributed by atoms with E-state index in [2.05, 4.69) is 102 Å². The summed E-state index contributed by atoms with van der Waals surface area (Å²) in [4.78, 5) is 131. The summed E-state index contributed by atoms with van der Waals surface area (Å²) in [6.45, 7) is 3.11. The summed E-state index contributed by atoms with van der Waals surface area (Å²) < 4.78 is 0. The SMILES string of the molecule is C=CC=O.CN1N=C(C(=O)Nc2ncc(Cc3ccccc3)s2)CCC1=O.CN1N=C(C(=O)O)CCC1=O.CN1N=C(C(=O)O)CCC1=O.NC(N)=S.Nc1ccccc1.Nc1ncc(Cc2ccccc2)s1.Nc1ncc(Cc2ccccc2)s1.O=C(O)CCC(=O)C(=O)O.O=CC(Cl)Cc1ccccc1. The summed E-state index contributed by atoms with van der Waals surface area (Å²) >= 11 is 14.3. The third-order valence-corrected chi connectivity index (χ3v) is 15.9. The van der Waals surface area contributed by atoms with Gasteiger partial charge in [-0.2, -0.15) is 15.3 Å². The zero-order valence-electron chi connectivity index (χ0n) is 58.4. The number of nitrogens with one attached hydrogen (secondary N) is 1. The normalized spacial score (nSPS) is 12.4. The topological polar surface area (TPSA) is 496 Å². The molecule has 30 nitrogen and oxygen atoms in total. The number of aliphatic carboxylic acids is 4. The average Bonchev–Trinajstić information content (AvgIpc) is 1.72. The number of anilines is 4. The third kappa shape index (κ3) is 41.7. The van der Waals surface area contributed by atoms with Gasteiger partial charge in [0.05, 0.1) is 11.8 Å². The number of benzene rings is 5. The number of nitrogens with two attached hydrogens (primary N) is 5. The summed E-state index contributed by atoms with van der Waals surface area (Å²) in [6.07, 6.45) is 12.0. The van der Waals surface area contributed by atoms with Gasteiger partial charge in [-0.05, 0) is 59.1 Å². The summed E-state index contributed by atoms with van der Waals surface area (Å²) in [5, 5.41) is 51.6. The molecule has 0 spiro atoms. The lowest BCUT2D eigenvalue weighted by Gasteiger charge is -2.18. The first kappa shape index (κ1) is 91.0. The molecule has 3 aromatic heterocycles. The Morgan fingerprint density at radius 2 is 0.860 bits per heavy atom. The first-order valence-corrected chi connectivity index (χ1v) is 35.0. The number of hydrazone groups is 3. The number of carbonyl (C=O) groups excluding carboxylic acids is 7. The second-order valence-corrected chi connectivity index (χ2v) is 26.0. The molecule has 11 rings (SSSR count). The first-order valence-electron chi connectivity index (χ1n) is 31.7. The molecule has 0 fully saturated rings. The van der Waals surface area contributed by atoms with Crippen LogP contribution in [0.3, 0.4) is 0 Å². The average molecular weight is 1560 g/mol. The number of nitrogen functional groups attached to an aromatic ring is 3. The third-order valence-electron chi connectivity index (χ3n) is 13.1. The number of thiocarbonyl (C=S) groups is 1. The smallest absolute Gasteiger partial charge is 0.372 e. The number of carboxylic acid groups (broad SMARTS) is 4. The molecule has 0 aliphatic carbocycles. The Morgan fingerprint density at radius 1 is 0.533 bits per heavy atom. The monoisotopic (exact) mass is 1560 g/mol. The van der Waals surface area contributed by atoms with Crippen molar-refractivity contribution in [3.05, 3.63) is 220 Å². The van der Waals surface area contributed by atoms with Crippen LogP contribution in [0.5, 0.6) is 0 Å². The van der Waals surface area contributed by atoms with Crippen molar-refractivity contribution in [1.29, 1.82) is 0 Å². The molecule has 15 N–H and O–H groups in total. The van der Waals surface area contributed by atoms with Crippen molar-refractivity contribution in [2.75, 3.05) is 43.7 Å². The van der Waals surface area contributed by atoms with E-state index in [9.17, 15) is 47.9 Å². The van der Waals surface area contributed by atoms with Gasteiger partial charge >= 0.3 is 23.9 Å². The van der Waals surface area contributed by atoms with E-state index >= 15 is 0 Å². The fourth-order valence-electron chi connectivity index (χ4n) is 7.96. The van der Waals surface area contributed by atoms with Gasteiger partial charge in [0.2, 0.25) is 23.5 Å². The first-order chi connectivity index (χ1) is 50.9. The highest BCUT2D eigenvalue weighted by Crippen LogP contribution is 2.23. The van der Waals surface area contributed by atoms with Crippen LogP contribution in [-0.4, -0.2) is 165 Å². The molecule has 6 heterocycles. The Hall–Kier alpha value is -12.1. The maximum atomic E-state index is 12.2. The highest BCUT2D eigenvalue weighted by molar-refractivity contribution is 7.80. The summed E-state index contributed by atoms with van der Waals surface area (Å²) in [6, 6.07) is 49.9. The fourth-order valence-corrected chi connectivity index (χ4v) is 10.4. The second kappa shape index (κ2) is 51.9. The molecule has 0 saturated heterocycles. The molecule has 566 valence electrons. The lowest BCUT2D eigenvalue weighted by atomic mass is 10.1. The van der Waals surface area contributed by atoms with Crippen LogP contribution in [-0.2, 0) is 78.4 Å². The van der Waals surface area contributed by atoms with E-state index in [-0.39, 0.29) is 65.8 Å². The van der Waals surface area contributed by atoms with E-state index in [4.69, 9.17) is 54.0 Å². The number of carboxylic acids is 4. The molecule has 0 radical (unpaired) electrons. The van der Waals surface area contributed by atoms with Gasteiger partial charge < -0.3 is 53.9 Å². The van der Waals surface area contributed by atoms with Crippen molar-refractivity contribution in [2.45, 2.75) is 82.4 Å². The maximum Gasteiger partial charge on any atom is 0.372 e. The molecule has 35 heteroatoms. The van der Waals surface area contributed by atoms with Gasteiger partial charge in [-0.3, -0.25) is 38.9 Å². The second-order valence-electron chi connectivity index (χ2n) is 21.6.